The van der Waals surface area contributed by atoms with E-state index in [2.05, 4.69) is 9.88 Å². The zero-order valence-electron chi connectivity index (χ0n) is 13.9. The fraction of sp³-hybridized carbons (Fsp3) is 0.368. The van der Waals surface area contributed by atoms with Gasteiger partial charge in [-0.15, -0.1) is 0 Å². The second-order valence-corrected chi connectivity index (χ2v) is 6.21. The Kier molecular flexibility index (Phi) is 5.23. The maximum Gasteiger partial charge on any atom is 0.255 e. The van der Waals surface area contributed by atoms with Gasteiger partial charge in [0.15, 0.2) is 0 Å². The van der Waals surface area contributed by atoms with Crippen LogP contribution in [-0.4, -0.2) is 58.5 Å². The SMILES string of the molecule is Cc1ccc(C(=O)N2CCN(CC(O)c3ccccc3)CC2)cn1. The Balaban J connectivity index is 1.52. The highest BCUT2D eigenvalue weighted by atomic mass is 16.3. The summed E-state index contributed by atoms with van der Waals surface area (Å²) in [6.45, 7) is 5.40. The molecule has 0 bridgehead atoms. The molecule has 5 heteroatoms. The number of hydrogen-bond acceptors (Lipinski definition) is 4. The van der Waals surface area contributed by atoms with E-state index < -0.39 is 6.10 Å². The van der Waals surface area contributed by atoms with E-state index >= 15 is 0 Å². The number of aryl methyl sites for hydroxylation is 1. The Morgan fingerprint density at radius 2 is 1.83 bits per heavy atom. The van der Waals surface area contributed by atoms with Crippen molar-refractivity contribution < 1.29 is 9.90 Å². The van der Waals surface area contributed by atoms with Gasteiger partial charge in [-0.05, 0) is 24.6 Å². The maximum atomic E-state index is 12.5. The summed E-state index contributed by atoms with van der Waals surface area (Å²) in [5, 5.41) is 10.3. The van der Waals surface area contributed by atoms with Crippen molar-refractivity contribution in [1.82, 2.24) is 14.8 Å². The zero-order valence-corrected chi connectivity index (χ0v) is 13.9. The Morgan fingerprint density at radius 1 is 1.12 bits per heavy atom. The molecule has 1 unspecified atom stereocenters. The first-order valence-electron chi connectivity index (χ1n) is 8.31. The number of β-amino-alcohol motifs (C(OH)–C–C–N with tert-alkyl or cyclic N) is 1. The molecule has 1 aromatic heterocycles. The fourth-order valence-corrected chi connectivity index (χ4v) is 2.94. The molecule has 126 valence electrons. The van der Waals surface area contributed by atoms with Crippen molar-refractivity contribution >= 4 is 5.91 Å². The minimum atomic E-state index is -0.491. The molecule has 1 atom stereocenters. The van der Waals surface area contributed by atoms with Crippen LogP contribution in [0.2, 0.25) is 0 Å². The standard InChI is InChI=1S/C19H23N3O2/c1-15-7-8-17(13-20-15)19(24)22-11-9-21(10-12-22)14-18(23)16-5-3-2-4-6-16/h2-8,13,18,23H,9-12,14H2,1H3. The number of carbonyl (C=O) groups excluding carboxylic acids is 1. The van der Waals surface area contributed by atoms with Crippen molar-refractivity contribution in [3.8, 4) is 0 Å². The molecule has 3 rings (SSSR count). The summed E-state index contributed by atoms with van der Waals surface area (Å²) in [6, 6.07) is 13.4. The average molecular weight is 325 g/mol. The second-order valence-electron chi connectivity index (χ2n) is 6.21. The van der Waals surface area contributed by atoms with Crippen LogP contribution in [0.4, 0.5) is 0 Å². The van der Waals surface area contributed by atoms with Crippen LogP contribution in [0.15, 0.2) is 48.7 Å². The lowest BCUT2D eigenvalue weighted by molar-refractivity contribution is 0.0527. The normalized spacial score (nSPS) is 16.8. The van der Waals surface area contributed by atoms with Gasteiger partial charge in [0.05, 0.1) is 11.7 Å². The lowest BCUT2D eigenvalue weighted by atomic mass is 10.1. The summed E-state index contributed by atoms with van der Waals surface area (Å²) in [6.07, 6.45) is 1.15. The molecular formula is C19H23N3O2. The molecule has 1 amide bonds. The van der Waals surface area contributed by atoms with Crippen molar-refractivity contribution in [3.05, 3.63) is 65.5 Å². The van der Waals surface area contributed by atoms with Gasteiger partial charge < -0.3 is 10.0 Å². The van der Waals surface area contributed by atoms with Gasteiger partial charge >= 0.3 is 0 Å². The van der Waals surface area contributed by atoms with Gasteiger partial charge in [0.1, 0.15) is 0 Å². The number of aromatic nitrogens is 1. The highest BCUT2D eigenvalue weighted by Gasteiger charge is 2.23. The molecule has 1 saturated heterocycles. The van der Waals surface area contributed by atoms with Crippen LogP contribution in [0.5, 0.6) is 0 Å². The molecule has 0 spiro atoms. The van der Waals surface area contributed by atoms with Gasteiger partial charge in [-0.1, -0.05) is 30.3 Å². The number of benzene rings is 1. The number of aliphatic hydroxyl groups is 1. The largest absolute Gasteiger partial charge is 0.387 e. The van der Waals surface area contributed by atoms with Gasteiger partial charge in [-0.3, -0.25) is 14.7 Å². The molecule has 1 N–H and O–H groups in total. The van der Waals surface area contributed by atoms with E-state index in [9.17, 15) is 9.90 Å². The van der Waals surface area contributed by atoms with Crippen molar-refractivity contribution in [1.29, 1.82) is 0 Å². The second kappa shape index (κ2) is 7.55. The number of piperazine rings is 1. The first-order valence-corrected chi connectivity index (χ1v) is 8.31. The van der Waals surface area contributed by atoms with E-state index in [1.807, 2.05) is 54.3 Å². The number of carbonyl (C=O) groups is 1. The molecule has 0 aliphatic carbocycles. The van der Waals surface area contributed by atoms with E-state index in [1.165, 1.54) is 0 Å². The van der Waals surface area contributed by atoms with Crippen LogP contribution >= 0.6 is 0 Å². The number of rotatable bonds is 4. The number of pyridine rings is 1. The molecule has 0 radical (unpaired) electrons. The number of amides is 1. The smallest absolute Gasteiger partial charge is 0.255 e. The molecule has 2 heterocycles. The molecule has 5 nitrogen and oxygen atoms in total. The highest BCUT2D eigenvalue weighted by molar-refractivity contribution is 5.94. The lowest BCUT2D eigenvalue weighted by Gasteiger charge is -2.35. The Hall–Kier alpha value is -2.24. The predicted octanol–water partition coefficient (Wildman–Crippen LogP) is 1.88. The predicted molar refractivity (Wildman–Crippen MR) is 92.7 cm³/mol. The van der Waals surface area contributed by atoms with E-state index in [0.29, 0.717) is 25.2 Å². The summed E-state index contributed by atoms with van der Waals surface area (Å²) in [5.74, 6) is 0.0331. The van der Waals surface area contributed by atoms with Gasteiger partial charge in [-0.25, -0.2) is 0 Å². The monoisotopic (exact) mass is 325 g/mol. The van der Waals surface area contributed by atoms with Crippen molar-refractivity contribution in [2.45, 2.75) is 13.0 Å². The minimum absolute atomic E-state index is 0.0331. The molecule has 0 saturated carbocycles. The van der Waals surface area contributed by atoms with E-state index in [0.717, 1.165) is 24.3 Å². The highest BCUT2D eigenvalue weighted by Crippen LogP contribution is 2.15. The first kappa shape index (κ1) is 16.6. The topological polar surface area (TPSA) is 56.7 Å². The van der Waals surface area contributed by atoms with Crippen LogP contribution in [0.3, 0.4) is 0 Å². The third-order valence-corrected chi connectivity index (χ3v) is 4.43. The minimum Gasteiger partial charge on any atom is -0.387 e. The summed E-state index contributed by atoms with van der Waals surface area (Å²) in [7, 11) is 0. The van der Waals surface area contributed by atoms with Crippen molar-refractivity contribution in [2.24, 2.45) is 0 Å². The van der Waals surface area contributed by atoms with Crippen molar-refractivity contribution in [3.63, 3.8) is 0 Å². The lowest BCUT2D eigenvalue weighted by Crippen LogP contribution is -2.49. The third-order valence-electron chi connectivity index (χ3n) is 4.43. The van der Waals surface area contributed by atoms with E-state index in [-0.39, 0.29) is 5.91 Å². The maximum absolute atomic E-state index is 12.5. The molecular weight excluding hydrogens is 302 g/mol. The molecule has 24 heavy (non-hydrogen) atoms. The van der Waals surface area contributed by atoms with Gasteiger partial charge in [0, 0.05) is 44.6 Å². The fourth-order valence-electron chi connectivity index (χ4n) is 2.94. The van der Waals surface area contributed by atoms with Gasteiger partial charge in [0.2, 0.25) is 0 Å². The number of hydrogen-bond donors (Lipinski definition) is 1. The molecule has 1 aliphatic heterocycles. The third kappa shape index (κ3) is 3.99. The van der Waals surface area contributed by atoms with Crippen LogP contribution < -0.4 is 0 Å². The number of nitrogens with zero attached hydrogens (tertiary/aromatic N) is 3. The Labute approximate surface area is 142 Å². The average Bonchev–Trinajstić information content (AvgIpc) is 2.63. The summed E-state index contributed by atoms with van der Waals surface area (Å²) in [4.78, 5) is 20.7. The number of aliphatic hydroxyl groups excluding tert-OH is 1. The molecule has 2 aromatic rings. The summed E-state index contributed by atoms with van der Waals surface area (Å²) in [5.41, 5.74) is 2.48. The Morgan fingerprint density at radius 3 is 2.46 bits per heavy atom. The van der Waals surface area contributed by atoms with Gasteiger partial charge in [-0.2, -0.15) is 0 Å². The van der Waals surface area contributed by atoms with Crippen LogP contribution in [0, 0.1) is 6.92 Å². The molecule has 1 aromatic carbocycles. The van der Waals surface area contributed by atoms with Crippen LogP contribution in [-0.2, 0) is 0 Å². The quantitative estimate of drug-likeness (QED) is 0.932. The van der Waals surface area contributed by atoms with E-state index in [1.54, 1.807) is 6.20 Å². The summed E-state index contributed by atoms with van der Waals surface area (Å²) >= 11 is 0. The molecule has 1 aliphatic rings. The van der Waals surface area contributed by atoms with Crippen LogP contribution in [0.1, 0.15) is 27.7 Å². The molecule has 1 fully saturated rings. The van der Waals surface area contributed by atoms with Crippen molar-refractivity contribution in [2.75, 3.05) is 32.7 Å². The van der Waals surface area contributed by atoms with E-state index in [4.69, 9.17) is 0 Å². The summed E-state index contributed by atoms with van der Waals surface area (Å²) < 4.78 is 0. The van der Waals surface area contributed by atoms with Gasteiger partial charge in [0.25, 0.3) is 5.91 Å². The van der Waals surface area contributed by atoms with Crippen LogP contribution in [0.25, 0.3) is 0 Å². The Bertz CT molecular complexity index is 665. The zero-order chi connectivity index (χ0) is 16.9. The first-order chi connectivity index (χ1) is 11.6.